The van der Waals surface area contributed by atoms with Crippen molar-refractivity contribution in [2.24, 2.45) is 0 Å². The molecule has 4 aromatic rings. The first-order valence-electron chi connectivity index (χ1n) is 9.84. The Balaban J connectivity index is 1.41. The lowest BCUT2D eigenvalue weighted by Gasteiger charge is -2.11. The summed E-state index contributed by atoms with van der Waals surface area (Å²) >= 11 is 0. The molecule has 1 N–H and O–H groups in total. The molecule has 0 aliphatic rings. The average Bonchev–Trinajstić information content (AvgIpc) is 2.83. The number of amides is 1. The second-order valence-electron chi connectivity index (χ2n) is 6.87. The number of rotatable bonds is 7. The monoisotopic (exact) mass is 394 g/mol. The van der Waals surface area contributed by atoms with E-state index in [1.165, 1.54) is 0 Å². The molecule has 0 spiro atoms. The van der Waals surface area contributed by atoms with Crippen molar-refractivity contribution in [3.63, 3.8) is 0 Å². The number of aromatic nitrogens is 1. The maximum atomic E-state index is 12.8. The van der Waals surface area contributed by atoms with Crippen LogP contribution in [0.5, 0.6) is 5.88 Å². The first-order valence-corrected chi connectivity index (χ1v) is 9.84. The van der Waals surface area contributed by atoms with Crippen molar-refractivity contribution >= 4 is 5.91 Å². The molecule has 0 atom stereocenters. The first kappa shape index (κ1) is 19.4. The predicted octanol–water partition coefficient (Wildman–Crippen LogP) is 5.26. The topological polar surface area (TPSA) is 51.2 Å². The fourth-order valence-electron chi connectivity index (χ4n) is 3.20. The second-order valence-corrected chi connectivity index (χ2v) is 6.87. The van der Waals surface area contributed by atoms with Crippen molar-refractivity contribution in [3.05, 3.63) is 120 Å². The van der Waals surface area contributed by atoms with Crippen LogP contribution in [0.3, 0.4) is 0 Å². The molecule has 1 aromatic heterocycles. The van der Waals surface area contributed by atoms with Gasteiger partial charge in [-0.3, -0.25) is 4.79 Å². The third kappa shape index (κ3) is 4.92. The first-order chi connectivity index (χ1) is 14.8. The highest BCUT2D eigenvalue weighted by atomic mass is 16.5. The van der Waals surface area contributed by atoms with Crippen LogP contribution in [0.2, 0.25) is 0 Å². The van der Waals surface area contributed by atoms with E-state index in [-0.39, 0.29) is 5.91 Å². The normalized spacial score (nSPS) is 10.4. The van der Waals surface area contributed by atoms with Gasteiger partial charge in [-0.25, -0.2) is 4.98 Å². The lowest BCUT2D eigenvalue weighted by molar-refractivity contribution is 0.0951. The Bertz CT molecular complexity index is 1110. The van der Waals surface area contributed by atoms with E-state index in [2.05, 4.69) is 10.3 Å². The molecule has 4 nitrogen and oxygen atoms in total. The molecule has 30 heavy (non-hydrogen) atoms. The summed E-state index contributed by atoms with van der Waals surface area (Å²) in [6.07, 6.45) is 1.69. The van der Waals surface area contributed by atoms with Crippen LogP contribution in [0.25, 0.3) is 11.1 Å². The van der Waals surface area contributed by atoms with Gasteiger partial charge in [0.1, 0.15) is 6.61 Å². The number of benzene rings is 3. The quantitative estimate of drug-likeness (QED) is 0.465. The zero-order chi connectivity index (χ0) is 20.6. The van der Waals surface area contributed by atoms with E-state index in [0.717, 1.165) is 22.3 Å². The minimum absolute atomic E-state index is 0.113. The minimum Gasteiger partial charge on any atom is -0.473 e. The molecule has 1 amide bonds. The van der Waals surface area contributed by atoms with E-state index in [1.807, 2.05) is 97.1 Å². The van der Waals surface area contributed by atoms with Gasteiger partial charge in [0, 0.05) is 24.4 Å². The smallest absolute Gasteiger partial charge is 0.252 e. The number of hydrogen-bond donors (Lipinski definition) is 1. The highest BCUT2D eigenvalue weighted by Gasteiger charge is 2.12. The van der Waals surface area contributed by atoms with Gasteiger partial charge in [-0.2, -0.15) is 0 Å². The van der Waals surface area contributed by atoms with Crippen LogP contribution in [0, 0.1) is 0 Å². The Labute approximate surface area is 176 Å². The van der Waals surface area contributed by atoms with E-state index in [4.69, 9.17) is 4.74 Å². The van der Waals surface area contributed by atoms with Crippen LogP contribution in [-0.4, -0.2) is 10.9 Å². The molecule has 0 aliphatic carbocycles. The molecule has 4 heteroatoms. The van der Waals surface area contributed by atoms with Crippen LogP contribution >= 0.6 is 0 Å². The van der Waals surface area contributed by atoms with Gasteiger partial charge in [0.05, 0.1) is 0 Å². The molecule has 0 bridgehead atoms. The van der Waals surface area contributed by atoms with Gasteiger partial charge in [0.2, 0.25) is 5.88 Å². The molecule has 4 rings (SSSR count). The van der Waals surface area contributed by atoms with Crippen molar-refractivity contribution in [2.45, 2.75) is 13.2 Å². The predicted molar refractivity (Wildman–Crippen MR) is 118 cm³/mol. The Morgan fingerprint density at radius 2 is 1.50 bits per heavy atom. The van der Waals surface area contributed by atoms with Crippen molar-refractivity contribution in [3.8, 4) is 17.0 Å². The molecule has 0 radical (unpaired) electrons. The zero-order valence-corrected chi connectivity index (χ0v) is 16.5. The van der Waals surface area contributed by atoms with Crippen LogP contribution < -0.4 is 10.1 Å². The molecule has 1 heterocycles. The molecule has 0 aliphatic heterocycles. The molecular weight excluding hydrogens is 372 g/mol. The lowest BCUT2D eigenvalue weighted by Crippen LogP contribution is -2.23. The average molecular weight is 394 g/mol. The van der Waals surface area contributed by atoms with E-state index in [0.29, 0.717) is 24.6 Å². The van der Waals surface area contributed by atoms with Gasteiger partial charge in [0.15, 0.2) is 0 Å². The molecule has 0 saturated carbocycles. The third-order valence-corrected chi connectivity index (χ3v) is 4.74. The van der Waals surface area contributed by atoms with E-state index in [9.17, 15) is 4.79 Å². The standard InChI is InChI=1S/C26H22N2O2/c29-26(24-14-8-7-13-23(24)22-11-5-2-6-12-22)28-18-21-15-16-27-25(17-21)30-19-20-9-3-1-4-10-20/h1-17H,18-19H2,(H,28,29). The maximum Gasteiger partial charge on any atom is 0.252 e. The molecule has 3 aromatic carbocycles. The summed E-state index contributed by atoms with van der Waals surface area (Å²) in [7, 11) is 0. The summed E-state index contributed by atoms with van der Waals surface area (Å²) in [5.74, 6) is 0.424. The summed E-state index contributed by atoms with van der Waals surface area (Å²) < 4.78 is 5.78. The molecular formula is C26H22N2O2. The van der Waals surface area contributed by atoms with Crippen LogP contribution in [0.4, 0.5) is 0 Å². The summed E-state index contributed by atoms with van der Waals surface area (Å²) in [6.45, 7) is 0.847. The molecule has 0 unspecified atom stereocenters. The number of carbonyl (C=O) groups is 1. The van der Waals surface area contributed by atoms with Gasteiger partial charge in [-0.15, -0.1) is 0 Å². The number of hydrogen-bond acceptors (Lipinski definition) is 3. The SMILES string of the molecule is O=C(NCc1ccnc(OCc2ccccc2)c1)c1ccccc1-c1ccccc1. The number of pyridine rings is 1. The zero-order valence-electron chi connectivity index (χ0n) is 16.5. The van der Waals surface area contributed by atoms with E-state index in [1.54, 1.807) is 6.20 Å². The minimum atomic E-state index is -0.113. The van der Waals surface area contributed by atoms with Crippen molar-refractivity contribution in [1.29, 1.82) is 0 Å². The van der Waals surface area contributed by atoms with Gasteiger partial charge in [-0.05, 0) is 34.4 Å². The Hall–Kier alpha value is -3.92. The second kappa shape index (κ2) is 9.52. The number of nitrogens with zero attached hydrogens (tertiary/aromatic N) is 1. The van der Waals surface area contributed by atoms with Crippen molar-refractivity contribution in [2.75, 3.05) is 0 Å². The van der Waals surface area contributed by atoms with Gasteiger partial charge in [0.25, 0.3) is 5.91 Å². The van der Waals surface area contributed by atoms with Crippen LogP contribution in [-0.2, 0) is 13.2 Å². The van der Waals surface area contributed by atoms with E-state index >= 15 is 0 Å². The fraction of sp³-hybridized carbons (Fsp3) is 0.0769. The van der Waals surface area contributed by atoms with Crippen LogP contribution in [0.15, 0.2) is 103 Å². The fourth-order valence-corrected chi connectivity index (χ4v) is 3.20. The maximum absolute atomic E-state index is 12.8. The summed E-state index contributed by atoms with van der Waals surface area (Å²) in [5, 5.41) is 3.00. The molecule has 0 saturated heterocycles. The van der Waals surface area contributed by atoms with Crippen molar-refractivity contribution < 1.29 is 9.53 Å². The number of carbonyl (C=O) groups excluding carboxylic acids is 1. The lowest BCUT2D eigenvalue weighted by atomic mass is 9.99. The highest BCUT2D eigenvalue weighted by molar-refractivity contribution is 6.00. The number of ether oxygens (including phenoxy) is 1. The summed E-state index contributed by atoms with van der Waals surface area (Å²) in [4.78, 5) is 17.1. The Morgan fingerprint density at radius 3 is 2.30 bits per heavy atom. The highest BCUT2D eigenvalue weighted by Crippen LogP contribution is 2.23. The Kier molecular flexibility index (Phi) is 6.16. The van der Waals surface area contributed by atoms with E-state index < -0.39 is 0 Å². The number of nitrogens with one attached hydrogen (secondary N) is 1. The third-order valence-electron chi connectivity index (χ3n) is 4.74. The molecule has 0 fully saturated rings. The molecule has 148 valence electrons. The largest absolute Gasteiger partial charge is 0.473 e. The van der Waals surface area contributed by atoms with Gasteiger partial charge >= 0.3 is 0 Å². The van der Waals surface area contributed by atoms with Gasteiger partial charge < -0.3 is 10.1 Å². The van der Waals surface area contributed by atoms with Crippen LogP contribution in [0.1, 0.15) is 21.5 Å². The summed E-state index contributed by atoms with van der Waals surface area (Å²) in [6, 6.07) is 31.2. The van der Waals surface area contributed by atoms with Crippen molar-refractivity contribution in [1.82, 2.24) is 10.3 Å². The Morgan fingerprint density at radius 1 is 0.800 bits per heavy atom. The summed E-state index contributed by atoms with van der Waals surface area (Å²) in [5.41, 5.74) is 4.59. The van der Waals surface area contributed by atoms with Gasteiger partial charge in [-0.1, -0.05) is 78.9 Å².